The Labute approximate surface area is 181 Å². The largest absolute Gasteiger partial charge is 0.480 e. The van der Waals surface area contributed by atoms with Crippen LogP contribution < -0.4 is 22.1 Å². The third-order valence-corrected chi connectivity index (χ3v) is 5.68. The summed E-state index contributed by atoms with van der Waals surface area (Å²) in [6.07, 6.45) is 4.91. The lowest BCUT2D eigenvalue weighted by Crippen LogP contribution is -2.56. The number of carboxylic acid groups (broad SMARTS) is 1. The van der Waals surface area contributed by atoms with Gasteiger partial charge < -0.3 is 32.1 Å². The fraction of sp³-hybridized carbons (Fsp3) is 0.789. The monoisotopic (exact) mass is 445 g/mol. The summed E-state index contributed by atoms with van der Waals surface area (Å²) in [6.45, 7) is 2.47. The smallest absolute Gasteiger partial charge is 0.326 e. The van der Waals surface area contributed by atoms with Crippen molar-refractivity contribution in [3.63, 3.8) is 0 Å². The van der Waals surface area contributed by atoms with Crippen molar-refractivity contribution in [3.05, 3.63) is 0 Å². The van der Waals surface area contributed by atoms with E-state index in [0.29, 0.717) is 50.9 Å². The van der Waals surface area contributed by atoms with Crippen LogP contribution in [0, 0.1) is 0 Å². The van der Waals surface area contributed by atoms with Gasteiger partial charge in [-0.25, -0.2) is 4.79 Å². The molecule has 0 aromatic carbocycles. The van der Waals surface area contributed by atoms with E-state index in [9.17, 15) is 24.3 Å². The maximum Gasteiger partial charge on any atom is 0.326 e. The first-order valence-corrected chi connectivity index (χ1v) is 11.7. The summed E-state index contributed by atoms with van der Waals surface area (Å²) in [5.74, 6) is -1.78. The molecule has 1 aliphatic rings. The van der Waals surface area contributed by atoms with E-state index >= 15 is 0 Å². The van der Waals surface area contributed by atoms with Crippen LogP contribution in [-0.2, 0) is 19.2 Å². The maximum atomic E-state index is 12.8. The van der Waals surface area contributed by atoms with Crippen LogP contribution in [0.3, 0.4) is 0 Å². The van der Waals surface area contributed by atoms with Gasteiger partial charge in [0.25, 0.3) is 0 Å². The highest BCUT2D eigenvalue weighted by Gasteiger charge is 2.37. The van der Waals surface area contributed by atoms with Gasteiger partial charge in [-0.3, -0.25) is 14.4 Å². The molecule has 1 heterocycles. The predicted octanol–water partition coefficient (Wildman–Crippen LogP) is -0.739. The summed E-state index contributed by atoms with van der Waals surface area (Å²) in [6, 6.07) is -3.30. The molecule has 0 spiro atoms. The van der Waals surface area contributed by atoms with E-state index in [1.807, 2.05) is 6.26 Å². The Balaban J connectivity index is 2.81. The number of hydrogen-bond donors (Lipinski definition) is 5. The average Bonchev–Trinajstić information content (AvgIpc) is 3.19. The lowest BCUT2D eigenvalue weighted by atomic mass is 10.1. The van der Waals surface area contributed by atoms with Gasteiger partial charge in [0.05, 0.1) is 6.04 Å². The average molecular weight is 446 g/mol. The minimum atomic E-state index is -1.13. The predicted molar refractivity (Wildman–Crippen MR) is 116 cm³/mol. The highest BCUT2D eigenvalue weighted by molar-refractivity contribution is 7.98. The molecule has 0 aromatic rings. The molecule has 30 heavy (non-hydrogen) atoms. The number of hydrogen-bond acceptors (Lipinski definition) is 7. The van der Waals surface area contributed by atoms with Crippen molar-refractivity contribution in [3.8, 4) is 0 Å². The quantitative estimate of drug-likeness (QED) is 0.231. The summed E-state index contributed by atoms with van der Waals surface area (Å²) in [5, 5.41) is 14.6. The maximum absolute atomic E-state index is 12.8. The van der Waals surface area contributed by atoms with Crippen LogP contribution in [0.2, 0.25) is 0 Å². The van der Waals surface area contributed by atoms with Gasteiger partial charge in [0.1, 0.15) is 18.1 Å². The number of carboxylic acids is 1. The molecule has 0 radical (unpaired) electrons. The number of nitrogens with two attached hydrogens (primary N) is 2. The van der Waals surface area contributed by atoms with Crippen LogP contribution in [0.5, 0.6) is 0 Å². The Morgan fingerprint density at radius 2 is 1.87 bits per heavy atom. The zero-order valence-electron chi connectivity index (χ0n) is 17.8. The third kappa shape index (κ3) is 8.11. The van der Waals surface area contributed by atoms with Gasteiger partial charge in [-0.15, -0.1) is 0 Å². The molecule has 10 nitrogen and oxygen atoms in total. The number of carbonyl (C=O) groups is 4. The number of thioether (sulfide) groups is 1. The topological polar surface area (TPSA) is 168 Å². The van der Waals surface area contributed by atoms with Crippen LogP contribution in [0.4, 0.5) is 0 Å². The molecule has 0 saturated carbocycles. The van der Waals surface area contributed by atoms with Gasteiger partial charge in [-0.1, -0.05) is 0 Å². The Morgan fingerprint density at radius 1 is 1.17 bits per heavy atom. The molecular weight excluding hydrogens is 410 g/mol. The first kappa shape index (κ1) is 26.2. The highest BCUT2D eigenvalue weighted by Crippen LogP contribution is 2.19. The van der Waals surface area contributed by atoms with Gasteiger partial charge >= 0.3 is 5.97 Å². The van der Waals surface area contributed by atoms with Crippen LogP contribution in [-0.4, -0.2) is 83.0 Å². The van der Waals surface area contributed by atoms with Gasteiger partial charge in [0, 0.05) is 6.54 Å². The van der Waals surface area contributed by atoms with Gasteiger partial charge in [-0.05, 0) is 64.0 Å². The second-order valence-electron chi connectivity index (χ2n) is 7.50. The number of rotatable bonds is 13. The van der Waals surface area contributed by atoms with Crippen molar-refractivity contribution >= 4 is 35.5 Å². The van der Waals surface area contributed by atoms with Gasteiger partial charge in [0.15, 0.2) is 0 Å². The summed E-state index contributed by atoms with van der Waals surface area (Å²) < 4.78 is 0. The molecule has 11 heteroatoms. The zero-order valence-corrected chi connectivity index (χ0v) is 18.6. The van der Waals surface area contributed by atoms with Crippen LogP contribution in [0.15, 0.2) is 0 Å². The fourth-order valence-corrected chi connectivity index (χ4v) is 3.83. The molecule has 1 fully saturated rings. The highest BCUT2D eigenvalue weighted by atomic mass is 32.2. The summed E-state index contributed by atoms with van der Waals surface area (Å²) in [4.78, 5) is 50.8. The molecule has 0 aliphatic carbocycles. The van der Waals surface area contributed by atoms with Crippen molar-refractivity contribution in [1.29, 1.82) is 0 Å². The van der Waals surface area contributed by atoms with E-state index in [2.05, 4.69) is 10.6 Å². The number of aliphatic carboxylic acids is 1. The Kier molecular flexibility index (Phi) is 11.7. The number of unbranched alkanes of at least 4 members (excludes halogenated alkanes) is 1. The number of nitrogens with one attached hydrogen (secondary N) is 2. The molecule has 1 rings (SSSR count). The van der Waals surface area contributed by atoms with Gasteiger partial charge in [0.2, 0.25) is 17.7 Å². The van der Waals surface area contributed by atoms with Crippen molar-refractivity contribution < 1.29 is 24.3 Å². The lowest BCUT2D eigenvalue weighted by molar-refractivity contribution is -0.143. The van der Waals surface area contributed by atoms with Crippen LogP contribution in [0.25, 0.3) is 0 Å². The normalized spacial score (nSPS) is 19.1. The van der Waals surface area contributed by atoms with Crippen molar-refractivity contribution in [2.75, 3.05) is 25.1 Å². The lowest BCUT2D eigenvalue weighted by Gasteiger charge is -2.28. The number of amides is 3. The number of carbonyl (C=O) groups excluding carboxylic acids is 3. The third-order valence-electron chi connectivity index (χ3n) is 5.03. The van der Waals surface area contributed by atoms with Crippen molar-refractivity contribution in [2.45, 2.75) is 69.6 Å². The summed E-state index contributed by atoms with van der Waals surface area (Å²) in [5.41, 5.74) is 11.1. The number of nitrogens with zero attached hydrogens (tertiary/aromatic N) is 1. The first-order chi connectivity index (χ1) is 14.2. The fourth-order valence-electron chi connectivity index (χ4n) is 3.36. The second kappa shape index (κ2) is 13.5. The van der Waals surface area contributed by atoms with E-state index in [0.717, 1.165) is 0 Å². The summed E-state index contributed by atoms with van der Waals surface area (Å²) >= 11 is 1.52. The minimum Gasteiger partial charge on any atom is -0.480 e. The van der Waals surface area contributed by atoms with Crippen molar-refractivity contribution in [2.24, 2.45) is 11.5 Å². The van der Waals surface area contributed by atoms with E-state index < -0.39 is 42.0 Å². The molecule has 4 unspecified atom stereocenters. The van der Waals surface area contributed by atoms with Crippen LogP contribution >= 0.6 is 11.8 Å². The van der Waals surface area contributed by atoms with E-state index in [1.54, 1.807) is 6.92 Å². The summed E-state index contributed by atoms with van der Waals surface area (Å²) in [7, 11) is 0. The molecule has 3 amide bonds. The number of likely N-dealkylation sites (tertiary alicyclic amines) is 1. The molecule has 0 bridgehead atoms. The SMILES string of the molecule is CSCCC(NC(=O)C1CCCN1C(=O)C(C)N)C(=O)NC(CCCCN)C(=O)O. The zero-order chi connectivity index (χ0) is 22.7. The molecule has 7 N–H and O–H groups in total. The van der Waals surface area contributed by atoms with Crippen molar-refractivity contribution in [1.82, 2.24) is 15.5 Å². The minimum absolute atomic E-state index is 0.265. The first-order valence-electron chi connectivity index (χ1n) is 10.3. The van der Waals surface area contributed by atoms with E-state index in [-0.39, 0.29) is 12.3 Å². The molecule has 1 saturated heterocycles. The van der Waals surface area contributed by atoms with E-state index in [1.165, 1.54) is 16.7 Å². The van der Waals surface area contributed by atoms with E-state index in [4.69, 9.17) is 11.5 Å². The molecule has 0 aromatic heterocycles. The Hall–Kier alpha value is -1.85. The Bertz CT molecular complexity index is 604. The molecule has 4 atom stereocenters. The second-order valence-corrected chi connectivity index (χ2v) is 8.49. The molecular formula is C19H35N5O5S. The van der Waals surface area contributed by atoms with Gasteiger partial charge in [-0.2, -0.15) is 11.8 Å². The molecule has 172 valence electrons. The molecule has 1 aliphatic heterocycles. The van der Waals surface area contributed by atoms with Crippen LogP contribution in [0.1, 0.15) is 45.4 Å². The standard InChI is InChI=1S/C19H35N5O5S/c1-12(21)18(27)24-10-5-7-15(24)17(26)22-13(8-11-30-2)16(25)23-14(19(28)29)6-3-4-9-20/h12-15H,3-11,20-21H2,1-2H3,(H,22,26)(H,23,25)(H,28,29). The Morgan fingerprint density at radius 3 is 2.43 bits per heavy atom.